The normalized spacial score (nSPS) is 12.0. The molecular weight excluding hydrogens is 128 g/mol. The van der Waals surface area contributed by atoms with E-state index in [2.05, 4.69) is 23.7 Å². The largest absolute Gasteiger partial charge is 0.322 e. The monoisotopic (exact) mass is 146 g/mol. The summed E-state index contributed by atoms with van der Waals surface area (Å²) in [6.07, 6.45) is 2.40. The van der Waals surface area contributed by atoms with E-state index in [9.17, 15) is 0 Å². The summed E-state index contributed by atoms with van der Waals surface area (Å²) in [5, 5.41) is 6.43. The molecule has 0 fully saturated rings. The SMILES string of the molecule is CNC[Si](C)(C)CNC. The molecule has 2 N–H and O–H groups in total. The van der Waals surface area contributed by atoms with Crippen LogP contribution in [0.2, 0.25) is 13.1 Å². The molecule has 2 nitrogen and oxygen atoms in total. The molecule has 0 aromatic carbocycles. The molecule has 3 heteroatoms. The first-order valence-electron chi connectivity index (χ1n) is 3.41. The topological polar surface area (TPSA) is 24.1 Å². The van der Waals surface area contributed by atoms with Gasteiger partial charge in [0, 0.05) is 0 Å². The molecule has 9 heavy (non-hydrogen) atoms. The molecule has 0 rings (SSSR count). The Bertz CT molecular complexity index is 65.5. The fraction of sp³-hybridized carbons (Fsp3) is 1.00. The van der Waals surface area contributed by atoms with Gasteiger partial charge in [-0.1, -0.05) is 13.1 Å². The molecule has 0 aromatic heterocycles. The van der Waals surface area contributed by atoms with Gasteiger partial charge in [0.05, 0.1) is 8.07 Å². The van der Waals surface area contributed by atoms with Gasteiger partial charge in [-0.05, 0) is 26.4 Å². The fourth-order valence-corrected chi connectivity index (χ4v) is 3.06. The van der Waals surface area contributed by atoms with Crippen LogP contribution >= 0.6 is 0 Å². The highest BCUT2D eigenvalue weighted by Crippen LogP contribution is 1.95. The maximum atomic E-state index is 3.21. The lowest BCUT2D eigenvalue weighted by Gasteiger charge is -2.20. The molecular formula is C6H18N2Si. The van der Waals surface area contributed by atoms with Crippen molar-refractivity contribution in [2.24, 2.45) is 0 Å². The molecule has 0 atom stereocenters. The Labute approximate surface area is 59.0 Å². The van der Waals surface area contributed by atoms with Crippen molar-refractivity contribution in [1.29, 1.82) is 0 Å². The zero-order chi connectivity index (χ0) is 7.33. The van der Waals surface area contributed by atoms with E-state index in [4.69, 9.17) is 0 Å². The zero-order valence-electron chi connectivity index (χ0n) is 6.91. The molecule has 0 heterocycles. The minimum atomic E-state index is -0.926. The fourth-order valence-electron chi connectivity index (χ4n) is 1.02. The van der Waals surface area contributed by atoms with Crippen molar-refractivity contribution in [1.82, 2.24) is 10.6 Å². The van der Waals surface area contributed by atoms with Crippen LogP contribution in [0.5, 0.6) is 0 Å². The molecule has 0 bridgehead atoms. The van der Waals surface area contributed by atoms with E-state index in [0.29, 0.717) is 0 Å². The Kier molecular flexibility index (Phi) is 4.09. The first kappa shape index (κ1) is 9.14. The van der Waals surface area contributed by atoms with Gasteiger partial charge in [-0.2, -0.15) is 0 Å². The summed E-state index contributed by atoms with van der Waals surface area (Å²) < 4.78 is 0. The van der Waals surface area contributed by atoms with Crippen molar-refractivity contribution in [2.75, 3.05) is 26.4 Å². The van der Waals surface area contributed by atoms with Crippen molar-refractivity contribution in [3.05, 3.63) is 0 Å². The van der Waals surface area contributed by atoms with Crippen LogP contribution in [0, 0.1) is 0 Å². The summed E-state index contributed by atoms with van der Waals surface area (Å²) in [4.78, 5) is 0. The highest BCUT2D eigenvalue weighted by atomic mass is 28.3. The number of hydrogen-bond acceptors (Lipinski definition) is 2. The van der Waals surface area contributed by atoms with E-state index in [1.54, 1.807) is 0 Å². The van der Waals surface area contributed by atoms with Crippen LogP contribution in [0.4, 0.5) is 0 Å². The highest BCUT2D eigenvalue weighted by molar-refractivity contribution is 6.77. The van der Waals surface area contributed by atoms with Gasteiger partial charge < -0.3 is 10.6 Å². The van der Waals surface area contributed by atoms with Gasteiger partial charge in [-0.3, -0.25) is 0 Å². The van der Waals surface area contributed by atoms with Crippen molar-refractivity contribution in [3.63, 3.8) is 0 Å². The molecule has 0 unspecified atom stereocenters. The van der Waals surface area contributed by atoms with E-state index in [0.717, 1.165) is 0 Å². The number of rotatable bonds is 4. The second-order valence-corrected chi connectivity index (χ2v) is 8.26. The molecule has 0 aliphatic rings. The molecule has 0 aliphatic heterocycles. The molecule has 0 spiro atoms. The maximum Gasteiger partial charge on any atom is 0.0772 e. The quantitative estimate of drug-likeness (QED) is 0.554. The average Bonchev–Trinajstić information content (AvgIpc) is 1.64. The summed E-state index contributed by atoms with van der Waals surface area (Å²) in [5.74, 6) is 0. The van der Waals surface area contributed by atoms with Crippen LogP contribution in [0.3, 0.4) is 0 Å². The minimum absolute atomic E-state index is 0.926. The Morgan fingerprint density at radius 1 is 1.00 bits per heavy atom. The Morgan fingerprint density at radius 3 is 1.56 bits per heavy atom. The van der Waals surface area contributed by atoms with Gasteiger partial charge >= 0.3 is 0 Å². The van der Waals surface area contributed by atoms with Crippen molar-refractivity contribution >= 4 is 8.07 Å². The third-order valence-corrected chi connectivity index (χ3v) is 3.93. The van der Waals surface area contributed by atoms with Crippen LogP contribution in [-0.4, -0.2) is 34.5 Å². The number of hydrogen-bond donors (Lipinski definition) is 2. The summed E-state index contributed by atoms with van der Waals surface area (Å²) in [7, 11) is 3.11. The number of nitrogens with one attached hydrogen (secondary N) is 2. The van der Waals surface area contributed by atoms with Crippen LogP contribution in [0.25, 0.3) is 0 Å². The van der Waals surface area contributed by atoms with Crippen LogP contribution < -0.4 is 10.6 Å². The van der Waals surface area contributed by atoms with Gasteiger partial charge in [-0.15, -0.1) is 0 Å². The molecule has 0 saturated heterocycles. The first-order valence-corrected chi connectivity index (χ1v) is 6.83. The predicted octanol–water partition coefficient (Wildman–Crippen LogP) is 0.212. The Balaban J connectivity index is 3.43. The summed E-state index contributed by atoms with van der Waals surface area (Å²) in [6.45, 7) is 4.75. The lowest BCUT2D eigenvalue weighted by molar-refractivity contribution is 0.888. The summed E-state index contributed by atoms with van der Waals surface area (Å²) >= 11 is 0. The molecule has 0 saturated carbocycles. The second kappa shape index (κ2) is 4.03. The van der Waals surface area contributed by atoms with Crippen LogP contribution in [-0.2, 0) is 0 Å². The molecule has 0 amide bonds. The van der Waals surface area contributed by atoms with E-state index < -0.39 is 8.07 Å². The van der Waals surface area contributed by atoms with E-state index in [1.165, 1.54) is 12.3 Å². The third-order valence-electron chi connectivity index (χ3n) is 1.31. The van der Waals surface area contributed by atoms with Crippen molar-refractivity contribution in [2.45, 2.75) is 13.1 Å². The molecule has 56 valence electrons. The molecule has 0 aromatic rings. The third kappa shape index (κ3) is 4.63. The summed E-state index contributed by atoms with van der Waals surface area (Å²) in [6, 6.07) is 0. The van der Waals surface area contributed by atoms with Crippen molar-refractivity contribution in [3.8, 4) is 0 Å². The van der Waals surface area contributed by atoms with Crippen LogP contribution in [0.15, 0.2) is 0 Å². The first-order chi connectivity index (χ1) is 4.12. The Hall–Kier alpha value is 0.137. The average molecular weight is 146 g/mol. The van der Waals surface area contributed by atoms with Gasteiger partial charge in [0.25, 0.3) is 0 Å². The zero-order valence-corrected chi connectivity index (χ0v) is 7.91. The molecule has 0 radical (unpaired) electrons. The smallest absolute Gasteiger partial charge is 0.0772 e. The van der Waals surface area contributed by atoms with Crippen molar-refractivity contribution < 1.29 is 0 Å². The minimum Gasteiger partial charge on any atom is -0.322 e. The lowest BCUT2D eigenvalue weighted by Crippen LogP contribution is -2.46. The standard InChI is InChI=1S/C6H18N2Si/c1-7-5-9(3,4)6-8-2/h7-8H,5-6H2,1-4H3. The second-order valence-electron chi connectivity index (χ2n) is 3.22. The Morgan fingerprint density at radius 2 is 1.33 bits per heavy atom. The van der Waals surface area contributed by atoms with Gasteiger partial charge in [0.15, 0.2) is 0 Å². The lowest BCUT2D eigenvalue weighted by atomic mass is 11.2. The highest BCUT2D eigenvalue weighted by Gasteiger charge is 2.17. The van der Waals surface area contributed by atoms with E-state index in [1.807, 2.05) is 14.1 Å². The van der Waals surface area contributed by atoms with Gasteiger partial charge in [0.2, 0.25) is 0 Å². The predicted molar refractivity (Wildman–Crippen MR) is 45.3 cm³/mol. The molecule has 0 aliphatic carbocycles. The van der Waals surface area contributed by atoms with Crippen LogP contribution in [0.1, 0.15) is 0 Å². The summed E-state index contributed by atoms with van der Waals surface area (Å²) in [5.41, 5.74) is 0. The van der Waals surface area contributed by atoms with Gasteiger partial charge in [-0.25, -0.2) is 0 Å². The maximum absolute atomic E-state index is 3.21. The van der Waals surface area contributed by atoms with E-state index >= 15 is 0 Å². The van der Waals surface area contributed by atoms with Gasteiger partial charge in [0.1, 0.15) is 0 Å². The van der Waals surface area contributed by atoms with E-state index in [-0.39, 0.29) is 0 Å².